The number of likely N-dealkylation sites (N-methyl/N-ethyl adjacent to an activating group) is 1. The van der Waals surface area contributed by atoms with Crippen LogP contribution in [0.2, 0.25) is 0 Å². The Labute approximate surface area is 106 Å². The van der Waals surface area contributed by atoms with Crippen LogP contribution in [-0.4, -0.2) is 65.3 Å². The number of carbonyl (C=O) groups is 1. The maximum absolute atomic E-state index is 11.0. The molecular weight excluding hydrogens is 232 g/mol. The lowest BCUT2D eigenvalue weighted by Gasteiger charge is -2.32. The molecule has 0 aliphatic carbocycles. The van der Waals surface area contributed by atoms with Crippen LogP contribution in [-0.2, 0) is 6.54 Å². The Hall–Kier alpha value is -1.60. The molecule has 0 unspecified atom stereocenters. The Morgan fingerprint density at radius 2 is 2.00 bits per heavy atom. The number of hydrogen-bond donors (Lipinski definition) is 2. The smallest absolute Gasteiger partial charge is 0.271 e. The lowest BCUT2D eigenvalue weighted by atomic mass is 10.3. The maximum Gasteiger partial charge on any atom is 0.271 e. The monoisotopic (exact) mass is 252 g/mol. The van der Waals surface area contributed by atoms with Crippen molar-refractivity contribution in [1.82, 2.24) is 19.6 Å². The van der Waals surface area contributed by atoms with Crippen molar-refractivity contribution in [2.24, 2.45) is 5.73 Å². The molecule has 2 heterocycles. The molecular formula is C11H20N6O. The van der Waals surface area contributed by atoms with E-state index in [2.05, 4.69) is 21.9 Å². The molecule has 0 aromatic carbocycles. The highest BCUT2D eigenvalue weighted by Gasteiger charge is 2.15. The SMILES string of the molecule is CN1CCN(CCn2cc(N)c(C(N)=O)n2)CC1. The number of nitrogen functional groups attached to an aromatic ring is 1. The number of rotatable bonds is 4. The number of carbonyl (C=O) groups excluding carboxylic acids is 1. The number of aromatic nitrogens is 2. The van der Waals surface area contributed by atoms with Gasteiger partial charge in [-0.2, -0.15) is 5.10 Å². The van der Waals surface area contributed by atoms with Gasteiger partial charge in [-0.15, -0.1) is 0 Å². The van der Waals surface area contributed by atoms with Gasteiger partial charge in [-0.05, 0) is 7.05 Å². The van der Waals surface area contributed by atoms with Crippen LogP contribution < -0.4 is 11.5 Å². The topological polar surface area (TPSA) is 93.4 Å². The fourth-order valence-electron chi connectivity index (χ4n) is 2.06. The number of primary amides is 1. The average Bonchev–Trinajstić information content (AvgIpc) is 2.70. The summed E-state index contributed by atoms with van der Waals surface area (Å²) >= 11 is 0. The van der Waals surface area contributed by atoms with Crippen molar-refractivity contribution in [1.29, 1.82) is 0 Å². The van der Waals surface area contributed by atoms with Gasteiger partial charge >= 0.3 is 0 Å². The summed E-state index contributed by atoms with van der Waals surface area (Å²) < 4.78 is 1.69. The normalized spacial score (nSPS) is 18.1. The lowest BCUT2D eigenvalue weighted by molar-refractivity contribution is 0.0995. The minimum atomic E-state index is -0.578. The fourth-order valence-corrected chi connectivity index (χ4v) is 2.06. The maximum atomic E-state index is 11.0. The minimum absolute atomic E-state index is 0.161. The van der Waals surface area contributed by atoms with Crippen LogP contribution in [0.15, 0.2) is 6.20 Å². The highest BCUT2D eigenvalue weighted by molar-refractivity contribution is 5.95. The van der Waals surface area contributed by atoms with Crippen molar-refractivity contribution < 1.29 is 4.79 Å². The highest BCUT2D eigenvalue weighted by atomic mass is 16.1. The lowest BCUT2D eigenvalue weighted by Crippen LogP contribution is -2.45. The van der Waals surface area contributed by atoms with E-state index in [1.165, 1.54) is 0 Å². The van der Waals surface area contributed by atoms with Crippen LogP contribution in [0.5, 0.6) is 0 Å². The van der Waals surface area contributed by atoms with Gasteiger partial charge in [0.25, 0.3) is 5.91 Å². The number of nitrogens with two attached hydrogens (primary N) is 2. The van der Waals surface area contributed by atoms with Gasteiger partial charge in [0.2, 0.25) is 0 Å². The molecule has 1 saturated heterocycles. The summed E-state index contributed by atoms with van der Waals surface area (Å²) in [6.07, 6.45) is 1.66. The Morgan fingerprint density at radius 3 is 2.56 bits per heavy atom. The fraction of sp³-hybridized carbons (Fsp3) is 0.636. The predicted octanol–water partition coefficient (Wildman–Crippen LogP) is -1.19. The molecule has 0 bridgehead atoms. The van der Waals surface area contributed by atoms with Gasteiger partial charge in [0, 0.05) is 38.9 Å². The molecule has 1 aliphatic heterocycles. The van der Waals surface area contributed by atoms with Crippen molar-refractivity contribution in [3.63, 3.8) is 0 Å². The first-order chi connectivity index (χ1) is 8.56. The van der Waals surface area contributed by atoms with Gasteiger partial charge in [0.05, 0.1) is 12.2 Å². The molecule has 0 radical (unpaired) electrons. The second-order valence-electron chi connectivity index (χ2n) is 4.71. The van der Waals surface area contributed by atoms with E-state index in [1.54, 1.807) is 10.9 Å². The summed E-state index contributed by atoms with van der Waals surface area (Å²) in [6, 6.07) is 0. The average molecular weight is 252 g/mol. The van der Waals surface area contributed by atoms with Crippen molar-refractivity contribution in [2.75, 3.05) is 45.5 Å². The molecule has 7 heteroatoms. The summed E-state index contributed by atoms with van der Waals surface area (Å²) in [5, 5.41) is 4.09. The molecule has 0 atom stereocenters. The van der Waals surface area contributed by atoms with E-state index in [-0.39, 0.29) is 5.69 Å². The zero-order valence-corrected chi connectivity index (χ0v) is 10.7. The summed E-state index contributed by atoms with van der Waals surface area (Å²) in [4.78, 5) is 15.7. The quantitative estimate of drug-likeness (QED) is 0.703. The zero-order chi connectivity index (χ0) is 13.1. The second kappa shape index (κ2) is 5.36. The Morgan fingerprint density at radius 1 is 1.33 bits per heavy atom. The molecule has 1 fully saturated rings. The summed E-state index contributed by atoms with van der Waals surface area (Å²) in [7, 11) is 2.13. The highest BCUT2D eigenvalue weighted by Crippen LogP contribution is 2.08. The summed E-state index contributed by atoms with van der Waals surface area (Å²) in [6.45, 7) is 5.95. The van der Waals surface area contributed by atoms with Gasteiger partial charge < -0.3 is 16.4 Å². The molecule has 1 aromatic heterocycles. The van der Waals surface area contributed by atoms with Crippen LogP contribution in [0.4, 0.5) is 5.69 Å². The third kappa shape index (κ3) is 2.99. The first-order valence-electron chi connectivity index (χ1n) is 6.10. The standard InChI is InChI=1S/C11H20N6O/c1-15-2-4-16(5-3-15)6-7-17-8-9(12)10(14-17)11(13)18/h8H,2-7,12H2,1H3,(H2,13,18). The molecule has 0 saturated carbocycles. The van der Waals surface area contributed by atoms with E-state index >= 15 is 0 Å². The molecule has 0 spiro atoms. The van der Waals surface area contributed by atoms with Gasteiger partial charge in [0.15, 0.2) is 5.69 Å². The van der Waals surface area contributed by atoms with E-state index in [0.717, 1.165) is 39.3 Å². The van der Waals surface area contributed by atoms with Crippen molar-refractivity contribution in [3.8, 4) is 0 Å². The summed E-state index contributed by atoms with van der Waals surface area (Å²) in [5.41, 5.74) is 11.3. The molecule has 1 aromatic rings. The molecule has 100 valence electrons. The summed E-state index contributed by atoms with van der Waals surface area (Å²) in [5.74, 6) is -0.578. The molecule has 7 nitrogen and oxygen atoms in total. The predicted molar refractivity (Wildman–Crippen MR) is 69.1 cm³/mol. The largest absolute Gasteiger partial charge is 0.396 e. The Kier molecular flexibility index (Phi) is 3.83. The molecule has 1 amide bonds. The molecule has 4 N–H and O–H groups in total. The van der Waals surface area contributed by atoms with Crippen LogP contribution in [0.3, 0.4) is 0 Å². The number of piperazine rings is 1. The minimum Gasteiger partial charge on any atom is -0.396 e. The van der Waals surface area contributed by atoms with Crippen LogP contribution in [0, 0.1) is 0 Å². The molecule has 18 heavy (non-hydrogen) atoms. The third-order valence-corrected chi connectivity index (χ3v) is 3.26. The second-order valence-corrected chi connectivity index (χ2v) is 4.71. The Bertz CT molecular complexity index is 421. The van der Waals surface area contributed by atoms with Crippen LogP contribution in [0.25, 0.3) is 0 Å². The van der Waals surface area contributed by atoms with E-state index in [0.29, 0.717) is 5.69 Å². The van der Waals surface area contributed by atoms with E-state index in [9.17, 15) is 4.79 Å². The zero-order valence-electron chi connectivity index (χ0n) is 10.7. The number of anilines is 1. The first kappa shape index (κ1) is 12.8. The number of nitrogens with zero attached hydrogens (tertiary/aromatic N) is 4. The molecule has 1 aliphatic rings. The van der Waals surface area contributed by atoms with Crippen molar-refractivity contribution in [3.05, 3.63) is 11.9 Å². The first-order valence-corrected chi connectivity index (χ1v) is 6.10. The van der Waals surface area contributed by atoms with E-state index < -0.39 is 5.91 Å². The molecule has 2 rings (SSSR count). The van der Waals surface area contributed by atoms with Crippen molar-refractivity contribution in [2.45, 2.75) is 6.54 Å². The van der Waals surface area contributed by atoms with Gasteiger partial charge in [-0.1, -0.05) is 0 Å². The third-order valence-electron chi connectivity index (χ3n) is 3.26. The van der Waals surface area contributed by atoms with Gasteiger partial charge in [-0.3, -0.25) is 14.4 Å². The van der Waals surface area contributed by atoms with E-state index in [4.69, 9.17) is 11.5 Å². The van der Waals surface area contributed by atoms with E-state index in [1.807, 2.05) is 0 Å². The van der Waals surface area contributed by atoms with Crippen LogP contribution in [0.1, 0.15) is 10.5 Å². The van der Waals surface area contributed by atoms with Gasteiger partial charge in [0.1, 0.15) is 0 Å². The Balaban J connectivity index is 1.86. The van der Waals surface area contributed by atoms with Crippen molar-refractivity contribution >= 4 is 11.6 Å². The number of hydrogen-bond acceptors (Lipinski definition) is 5. The van der Waals surface area contributed by atoms with Crippen LogP contribution >= 0.6 is 0 Å². The van der Waals surface area contributed by atoms with Gasteiger partial charge in [-0.25, -0.2) is 0 Å². The number of amides is 1.